The van der Waals surface area contributed by atoms with Crippen LogP contribution in [0.15, 0.2) is 42.6 Å². The Morgan fingerprint density at radius 2 is 1.87 bits per heavy atom. The number of nitrogens with zero attached hydrogens (tertiary/aromatic N) is 4. The molecule has 3 N–H and O–H groups in total. The minimum Gasteiger partial charge on any atom is -0.351 e. The first kappa shape index (κ1) is 27.7. The molecule has 3 aromatic rings. The van der Waals surface area contributed by atoms with Crippen LogP contribution in [0.25, 0.3) is 10.6 Å². The summed E-state index contributed by atoms with van der Waals surface area (Å²) < 4.78 is 0. The van der Waals surface area contributed by atoms with Gasteiger partial charge >= 0.3 is 0 Å². The zero-order valence-corrected chi connectivity index (χ0v) is 23.5. The van der Waals surface area contributed by atoms with E-state index < -0.39 is 0 Å². The Morgan fingerprint density at radius 3 is 2.55 bits per heavy atom. The van der Waals surface area contributed by atoms with Crippen LogP contribution in [-0.4, -0.2) is 64.4 Å². The Morgan fingerprint density at radius 1 is 1.13 bits per heavy atom. The van der Waals surface area contributed by atoms with Crippen LogP contribution in [-0.2, 0) is 4.79 Å². The molecule has 2 amide bonds. The molecule has 0 saturated heterocycles. The van der Waals surface area contributed by atoms with Crippen LogP contribution in [0.1, 0.15) is 40.3 Å². The van der Waals surface area contributed by atoms with Crippen LogP contribution in [0, 0.1) is 13.8 Å². The molecule has 0 bridgehead atoms. The van der Waals surface area contributed by atoms with Crippen molar-refractivity contribution < 1.29 is 9.59 Å². The molecule has 2 heterocycles. The molecule has 0 radical (unpaired) electrons. The fourth-order valence-corrected chi connectivity index (χ4v) is 5.47. The van der Waals surface area contributed by atoms with E-state index in [4.69, 9.17) is 11.6 Å². The number of likely N-dealkylation sites (N-methyl/N-ethyl adjacent to an activating group) is 1. The normalized spacial score (nSPS) is 17.2. The van der Waals surface area contributed by atoms with Gasteiger partial charge in [0.05, 0.1) is 26.8 Å². The molecule has 0 aliphatic heterocycles. The van der Waals surface area contributed by atoms with E-state index in [2.05, 4.69) is 30.9 Å². The molecule has 38 heavy (non-hydrogen) atoms. The van der Waals surface area contributed by atoms with Gasteiger partial charge in [0, 0.05) is 36.0 Å². The topological polar surface area (TPSA) is 112 Å². The van der Waals surface area contributed by atoms with Gasteiger partial charge in [0.1, 0.15) is 5.69 Å². The van der Waals surface area contributed by atoms with E-state index in [0.29, 0.717) is 34.5 Å². The van der Waals surface area contributed by atoms with Crippen molar-refractivity contribution in [3.05, 3.63) is 63.9 Å². The van der Waals surface area contributed by atoms with E-state index in [-0.39, 0.29) is 23.9 Å². The highest BCUT2D eigenvalue weighted by molar-refractivity contribution is 7.15. The van der Waals surface area contributed by atoms with E-state index in [1.807, 2.05) is 32.8 Å². The number of carbonyl (C=O) groups is 2. The molecular formula is C27H32ClN7O2S. The second kappa shape index (κ2) is 12.5. The molecule has 0 unspecified atom stereocenters. The second-order valence-electron chi connectivity index (χ2n) is 9.59. The molecule has 200 valence electrons. The van der Waals surface area contributed by atoms with Crippen molar-refractivity contribution in [3.8, 4) is 10.6 Å². The summed E-state index contributed by atoms with van der Waals surface area (Å²) in [6.07, 6.45) is 7.41. The fourth-order valence-electron chi connectivity index (χ4n) is 4.30. The summed E-state index contributed by atoms with van der Waals surface area (Å²) in [6.45, 7) is 4.59. The van der Waals surface area contributed by atoms with E-state index in [9.17, 15) is 9.59 Å². The van der Waals surface area contributed by atoms with Crippen molar-refractivity contribution in [1.82, 2.24) is 25.2 Å². The van der Waals surface area contributed by atoms with Crippen molar-refractivity contribution in [1.29, 1.82) is 0 Å². The lowest BCUT2D eigenvalue weighted by molar-refractivity contribution is -0.111. The highest BCUT2D eigenvalue weighted by Gasteiger charge is 2.27. The molecule has 0 spiro atoms. The number of carbonyl (C=O) groups excluding carboxylic acids is 2. The number of thiazole rings is 1. The Labute approximate surface area is 231 Å². The number of benzene rings is 1. The summed E-state index contributed by atoms with van der Waals surface area (Å²) >= 11 is 7.95. The third kappa shape index (κ3) is 7.37. The lowest BCUT2D eigenvalue weighted by atomic mass is 10.1. The van der Waals surface area contributed by atoms with E-state index in [0.717, 1.165) is 34.8 Å². The molecule has 11 heteroatoms. The van der Waals surface area contributed by atoms with Crippen LogP contribution >= 0.6 is 22.9 Å². The van der Waals surface area contributed by atoms with Gasteiger partial charge in [-0.2, -0.15) is 0 Å². The molecule has 4 rings (SSSR count). The van der Waals surface area contributed by atoms with Gasteiger partial charge in [0.2, 0.25) is 11.9 Å². The standard InChI is InChI=1S/C27H32ClN7O2S/c1-16-25(38-17(2)30-16)24-22(28)15-29-27(34-24)33-21-12-11-20(14-21)32-26(37)18-7-9-19(10-8-18)31-23(36)6-5-13-35(3)4/h5-10,15,20-21H,11-14H2,1-4H3,(H,31,36)(H,32,37)(H,29,33,34)/t20-,21+/m0/s1. The first-order valence-electron chi connectivity index (χ1n) is 12.4. The minimum absolute atomic E-state index is 0.0411. The maximum absolute atomic E-state index is 12.8. The second-order valence-corrected chi connectivity index (χ2v) is 11.2. The van der Waals surface area contributed by atoms with Crippen LogP contribution in [0.5, 0.6) is 0 Å². The lowest BCUT2D eigenvalue weighted by Gasteiger charge is -2.15. The average Bonchev–Trinajstić information content (AvgIpc) is 3.45. The number of anilines is 2. The largest absolute Gasteiger partial charge is 0.351 e. The number of hydrogen-bond acceptors (Lipinski definition) is 8. The molecule has 1 saturated carbocycles. The van der Waals surface area contributed by atoms with E-state index in [1.165, 1.54) is 6.08 Å². The highest BCUT2D eigenvalue weighted by atomic mass is 35.5. The maximum Gasteiger partial charge on any atom is 0.251 e. The molecule has 1 fully saturated rings. The summed E-state index contributed by atoms with van der Waals surface area (Å²) in [7, 11) is 3.87. The van der Waals surface area contributed by atoms with Crippen LogP contribution in [0.2, 0.25) is 5.02 Å². The summed E-state index contributed by atoms with van der Waals surface area (Å²) in [4.78, 5) is 41.2. The van der Waals surface area contributed by atoms with Crippen molar-refractivity contribution in [2.24, 2.45) is 0 Å². The zero-order valence-electron chi connectivity index (χ0n) is 21.9. The van der Waals surface area contributed by atoms with Crippen LogP contribution in [0.3, 0.4) is 0 Å². The molecular weight excluding hydrogens is 522 g/mol. The molecule has 1 aliphatic carbocycles. The first-order valence-corrected chi connectivity index (χ1v) is 13.6. The highest BCUT2D eigenvalue weighted by Crippen LogP contribution is 2.34. The summed E-state index contributed by atoms with van der Waals surface area (Å²) in [5.74, 6) is 0.171. The van der Waals surface area contributed by atoms with Gasteiger partial charge in [-0.25, -0.2) is 15.0 Å². The predicted molar refractivity (Wildman–Crippen MR) is 153 cm³/mol. The molecule has 1 aromatic carbocycles. The van der Waals surface area contributed by atoms with Crippen molar-refractivity contribution in [3.63, 3.8) is 0 Å². The maximum atomic E-state index is 12.8. The van der Waals surface area contributed by atoms with Gasteiger partial charge in [-0.3, -0.25) is 9.59 Å². The van der Waals surface area contributed by atoms with E-state index in [1.54, 1.807) is 47.9 Å². The van der Waals surface area contributed by atoms with Crippen molar-refractivity contribution in [2.45, 2.75) is 45.2 Å². The number of rotatable bonds is 9. The van der Waals surface area contributed by atoms with Gasteiger partial charge < -0.3 is 20.9 Å². The smallest absolute Gasteiger partial charge is 0.251 e. The third-order valence-electron chi connectivity index (χ3n) is 6.12. The lowest BCUT2D eigenvalue weighted by Crippen LogP contribution is -2.34. The number of aromatic nitrogens is 3. The zero-order chi connectivity index (χ0) is 27.2. The first-order chi connectivity index (χ1) is 18.2. The quantitative estimate of drug-likeness (QED) is 0.329. The SMILES string of the molecule is Cc1nc(C)c(-c2nc(N[C@@H]3CC[C@H](NC(=O)c4ccc(NC(=O)C=CCN(C)C)cc4)C3)ncc2Cl)s1. The number of amides is 2. The summed E-state index contributed by atoms with van der Waals surface area (Å²) in [5.41, 5.74) is 2.76. The Bertz CT molecular complexity index is 1320. The Hall–Kier alpha value is -3.34. The van der Waals surface area contributed by atoms with Gasteiger partial charge in [0.25, 0.3) is 5.91 Å². The van der Waals surface area contributed by atoms with E-state index >= 15 is 0 Å². The average molecular weight is 554 g/mol. The van der Waals surface area contributed by atoms with Gasteiger partial charge in [0.15, 0.2) is 0 Å². The minimum atomic E-state index is -0.206. The van der Waals surface area contributed by atoms with Crippen molar-refractivity contribution >= 4 is 46.4 Å². The van der Waals surface area contributed by atoms with Gasteiger partial charge in [-0.1, -0.05) is 17.7 Å². The van der Waals surface area contributed by atoms with Gasteiger partial charge in [-0.15, -0.1) is 11.3 Å². The van der Waals surface area contributed by atoms with Crippen LogP contribution < -0.4 is 16.0 Å². The number of aryl methyl sites for hydroxylation is 2. The van der Waals surface area contributed by atoms with Gasteiger partial charge in [-0.05, 0) is 71.5 Å². The molecule has 2 aromatic heterocycles. The summed E-state index contributed by atoms with van der Waals surface area (Å²) in [5, 5.41) is 10.8. The predicted octanol–water partition coefficient (Wildman–Crippen LogP) is 4.69. The molecule has 1 aliphatic rings. The Kier molecular flexibility index (Phi) is 9.09. The number of nitrogens with one attached hydrogen (secondary N) is 3. The molecule has 2 atom stereocenters. The number of hydrogen-bond donors (Lipinski definition) is 3. The van der Waals surface area contributed by atoms with Crippen LogP contribution in [0.4, 0.5) is 11.6 Å². The fraction of sp³-hybridized carbons (Fsp3) is 0.370. The Balaban J connectivity index is 1.29. The monoisotopic (exact) mass is 553 g/mol. The van der Waals surface area contributed by atoms with Crippen molar-refractivity contribution in [2.75, 3.05) is 31.3 Å². The number of halogens is 1. The summed E-state index contributed by atoms with van der Waals surface area (Å²) in [6, 6.07) is 7.06. The third-order valence-corrected chi connectivity index (χ3v) is 7.47. The molecule has 9 nitrogen and oxygen atoms in total.